The Labute approximate surface area is 127 Å². The summed E-state index contributed by atoms with van der Waals surface area (Å²) in [6.45, 7) is 11.5. The molecule has 1 aromatic carbocycles. The number of aliphatic hydroxyl groups excluding tert-OH is 1. The molecule has 0 aliphatic rings. The van der Waals surface area contributed by atoms with E-state index in [-0.39, 0.29) is 6.61 Å². The van der Waals surface area contributed by atoms with Gasteiger partial charge < -0.3 is 5.11 Å². The van der Waals surface area contributed by atoms with Crippen LogP contribution >= 0.6 is 0 Å². The summed E-state index contributed by atoms with van der Waals surface area (Å²) in [5.74, 6) is 0. The van der Waals surface area contributed by atoms with Crippen molar-refractivity contribution in [2.45, 2.75) is 60.6 Å². The second kappa shape index (κ2) is 6.44. The van der Waals surface area contributed by atoms with Gasteiger partial charge in [0, 0.05) is 11.3 Å². The number of nitrogens with zero attached hydrogens (tertiary/aromatic N) is 2. The molecular weight excluding hydrogens is 260 g/mol. The average Bonchev–Trinajstić information content (AvgIpc) is 2.79. The molecule has 0 saturated carbocycles. The Balaban J connectivity index is 2.47. The molecular formula is C18H26N2O. The van der Waals surface area contributed by atoms with Crippen molar-refractivity contribution in [1.29, 1.82) is 0 Å². The molecule has 0 aliphatic carbocycles. The van der Waals surface area contributed by atoms with Crippen molar-refractivity contribution in [2.75, 3.05) is 0 Å². The third kappa shape index (κ3) is 3.03. The van der Waals surface area contributed by atoms with Crippen LogP contribution in [0.15, 0.2) is 12.1 Å². The van der Waals surface area contributed by atoms with Crippen molar-refractivity contribution in [3.63, 3.8) is 0 Å². The van der Waals surface area contributed by atoms with E-state index in [2.05, 4.69) is 51.4 Å². The second-order valence-corrected chi connectivity index (χ2v) is 5.77. The SMILES string of the molecule is CCc1nn(Cc2c(C)cc(C)cc2C)c(CC)c1CO. The predicted molar refractivity (Wildman–Crippen MR) is 86.7 cm³/mol. The fourth-order valence-electron chi connectivity index (χ4n) is 3.19. The highest BCUT2D eigenvalue weighted by Gasteiger charge is 2.16. The lowest BCUT2D eigenvalue weighted by Crippen LogP contribution is -2.09. The molecule has 0 bridgehead atoms. The lowest BCUT2D eigenvalue weighted by molar-refractivity contribution is 0.279. The average molecular weight is 286 g/mol. The van der Waals surface area contributed by atoms with Gasteiger partial charge in [0.15, 0.2) is 0 Å². The molecule has 0 atom stereocenters. The van der Waals surface area contributed by atoms with Crippen LogP contribution in [0.2, 0.25) is 0 Å². The minimum absolute atomic E-state index is 0.0816. The fourth-order valence-corrected chi connectivity index (χ4v) is 3.19. The van der Waals surface area contributed by atoms with E-state index < -0.39 is 0 Å². The smallest absolute Gasteiger partial charge is 0.0718 e. The van der Waals surface area contributed by atoms with Gasteiger partial charge in [0.1, 0.15) is 0 Å². The van der Waals surface area contributed by atoms with E-state index in [9.17, 15) is 5.11 Å². The van der Waals surface area contributed by atoms with E-state index in [0.717, 1.165) is 36.3 Å². The molecule has 0 spiro atoms. The Bertz CT molecular complexity index is 618. The Hall–Kier alpha value is -1.61. The number of hydrogen-bond donors (Lipinski definition) is 1. The maximum absolute atomic E-state index is 9.63. The highest BCUT2D eigenvalue weighted by Crippen LogP contribution is 2.21. The zero-order chi connectivity index (χ0) is 15.6. The second-order valence-electron chi connectivity index (χ2n) is 5.77. The van der Waals surface area contributed by atoms with Gasteiger partial charge in [0.25, 0.3) is 0 Å². The summed E-state index contributed by atoms with van der Waals surface area (Å²) < 4.78 is 2.08. The molecule has 0 radical (unpaired) electrons. The highest BCUT2D eigenvalue weighted by molar-refractivity contribution is 5.38. The lowest BCUT2D eigenvalue weighted by atomic mass is 10.00. The van der Waals surface area contributed by atoms with E-state index >= 15 is 0 Å². The normalized spacial score (nSPS) is 11.1. The Morgan fingerprint density at radius 3 is 2.10 bits per heavy atom. The summed E-state index contributed by atoms with van der Waals surface area (Å²) >= 11 is 0. The molecule has 0 aliphatic heterocycles. The van der Waals surface area contributed by atoms with E-state index in [1.165, 1.54) is 22.3 Å². The largest absolute Gasteiger partial charge is 0.392 e. The number of rotatable bonds is 5. The van der Waals surface area contributed by atoms with Crippen molar-refractivity contribution < 1.29 is 5.11 Å². The predicted octanol–water partition coefficient (Wildman–Crippen LogP) is 3.47. The molecule has 1 heterocycles. The summed E-state index contributed by atoms with van der Waals surface area (Å²) in [5.41, 5.74) is 8.47. The van der Waals surface area contributed by atoms with E-state index in [4.69, 9.17) is 5.10 Å². The van der Waals surface area contributed by atoms with Crippen LogP contribution in [0.25, 0.3) is 0 Å². The molecule has 2 aromatic rings. The van der Waals surface area contributed by atoms with Crippen LogP contribution in [0.1, 0.15) is 53.1 Å². The Kier molecular flexibility index (Phi) is 4.84. The molecule has 0 unspecified atom stereocenters. The van der Waals surface area contributed by atoms with Crippen molar-refractivity contribution >= 4 is 0 Å². The minimum atomic E-state index is 0.0816. The zero-order valence-electron chi connectivity index (χ0n) is 13.8. The van der Waals surface area contributed by atoms with Gasteiger partial charge in [-0.1, -0.05) is 31.5 Å². The fraction of sp³-hybridized carbons (Fsp3) is 0.500. The number of benzene rings is 1. The maximum Gasteiger partial charge on any atom is 0.0718 e. The molecule has 3 heteroatoms. The third-order valence-electron chi connectivity index (χ3n) is 4.23. The van der Waals surface area contributed by atoms with Gasteiger partial charge in [0.2, 0.25) is 0 Å². The maximum atomic E-state index is 9.63. The Morgan fingerprint density at radius 1 is 1.00 bits per heavy atom. The highest BCUT2D eigenvalue weighted by atomic mass is 16.3. The Morgan fingerprint density at radius 2 is 1.62 bits per heavy atom. The summed E-state index contributed by atoms with van der Waals surface area (Å²) in [7, 11) is 0. The first-order chi connectivity index (χ1) is 10.0. The van der Waals surface area contributed by atoms with Crippen LogP contribution in [-0.4, -0.2) is 14.9 Å². The first kappa shape index (κ1) is 15.8. The molecule has 1 N–H and O–H groups in total. The zero-order valence-corrected chi connectivity index (χ0v) is 13.8. The molecule has 21 heavy (non-hydrogen) atoms. The van der Waals surface area contributed by atoms with Crippen LogP contribution in [0.4, 0.5) is 0 Å². The molecule has 0 fully saturated rings. The van der Waals surface area contributed by atoms with Crippen molar-refractivity contribution in [2.24, 2.45) is 0 Å². The van der Waals surface area contributed by atoms with Gasteiger partial charge in [-0.3, -0.25) is 4.68 Å². The number of aromatic nitrogens is 2. The summed E-state index contributed by atoms with van der Waals surface area (Å²) in [6, 6.07) is 4.45. The van der Waals surface area contributed by atoms with Gasteiger partial charge in [0.05, 0.1) is 18.8 Å². The van der Waals surface area contributed by atoms with E-state index in [0.29, 0.717) is 0 Å². The van der Waals surface area contributed by atoms with Gasteiger partial charge in [-0.2, -0.15) is 5.10 Å². The van der Waals surface area contributed by atoms with Gasteiger partial charge in [-0.25, -0.2) is 0 Å². The topological polar surface area (TPSA) is 38.0 Å². The minimum Gasteiger partial charge on any atom is -0.392 e. The van der Waals surface area contributed by atoms with Crippen LogP contribution < -0.4 is 0 Å². The monoisotopic (exact) mass is 286 g/mol. The lowest BCUT2D eigenvalue weighted by Gasteiger charge is -2.13. The van der Waals surface area contributed by atoms with Crippen molar-refractivity contribution in [3.8, 4) is 0 Å². The standard InChI is InChI=1S/C18H26N2O/c1-6-17-16(11-21)18(7-2)20(19-17)10-15-13(4)8-12(3)9-14(15)5/h8-9,21H,6-7,10-11H2,1-5H3. The molecule has 0 saturated heterocycles. The number of aryl methyl sites for hydroxylation is 4. The van der Waals surface area contributed by atoms with Gasteiger partial charge in [-0.15, -0.1) is 0 Å². The van der Waals surface area contributed by atoms with Crippen LogP contribution in [0, 0.1) is 20.8 Å². The van der Waals surface area contributed by atoms with Crippen molar-refractivity contribution in [3.05, 3.63) is 51.3 Å². The third-order valence-corrected chi connectivity index (χ3v) is 4.23. The summed E-state index contributed by atoms with van der Waals surface area (Å²) in [5, 5.41) is 14.4. The first-order valence-electron chi connectivity index (χ1n) is 7.76. The van der Waals surface area contributed by atoms with Gasteiger partial charge >= 0.3 is 0 Å². The molecule has 1 aromatic heterocycles. The summed E-state index contributed by atoms with van der Waals surface area (Å²) in [4.78, 5) is 0. The van der Waals surface area contributed by atoms with Crippen LogP contribution in [0.5, 0.6) is 0 Å². The molecule has 3 nitrogen and oxygen atoms in total. The molecule has 114 valence electrons. The van der Waals surface area contributed by atoms with E-state index in [1.54, 1.807) is 0 Å². The number of aliphatic hydroxyl groups is 1. The molecule has 2 rings (SSSR count). The van der Waals surface area contributed by atoms with E-state index in [1.807, 2.05) is 0 Å². The molecule has 0 amide bonds. The number of hydrogen-bond acceptors (Lipinski definition) is 2. The first-order valence-corrected chi connectivity index (χ1v) is 7.76. The van der Waals surface area contributed by atoms with Crippen LogP contribution in [-0.2, 0) is 26.0 Å². The quantitative estimate of drug-likeness (QED) is 0.914. The van der Waals surface area contributed by atoms with Crippen molar-refractivity contribution in [1.82, 2.24) is 9.78 Å². The van der Waals surface area contributed by atoms with Crippen LogP contribution in [0.3, 0.4) is 0 Å². The van der Waals surface area contributed by atoms with Gasteiger partial charge in [-0.05, 0) is 50.3 Å². The summed E-state index contributed by atoms with van der Waals surface area (Å²) in [6.07, 6.45) is 1.76.